The van der Waals surface area contributed by atoms with Crippen molar-refractivity contribution < 1.29 is 15.1 Å². The molecule has 7 nitrogen and oxygen atoms in total. The van der Waals surface area contributed by atoms with Crippen LogP contribution >= 0.6 is 0 Å². The molecule has 0 saturated carbocycles. The lowest BCUT2D eigenvalue weighted by molar-refractivity contribution is -0.383. The van der Waals surface area contributed by atoms with E-state index in [-0.39, 0.29) is 25.4 Å². The Balaban J connectivity index is 3.06. The zero-order valence-corrected chi connectivity index (χ0v) is 12.5. The average Bonchev–Trinajstić information content (AvgIpc) is 2.44. The largest absolute Gasteiger partial charge is 0.395 e. The van der Waals surface area contributed by atoms with E-state index in [0.29, 0.717) is 30.4 Å². The number of nitrogens with one attached hydrogen (secondary N) is 1. The summed E-state index contributed by atoms with van der Waals surface area (Å²) in [6, 6.07) is 4.91. The molecule has 0 aliphatic heterocycles. The van der Waals surface area contributed by atoms with Crippen LogP contribution in [-0.4, -0.2) is 48.0 Å². The van der Waals surface area contributed by atoms with Crippen LogP contribution in [0.25, 0.3) is 0 Å². The Kier molecular flexibility index (Phi) is 6.90. The maximum Gasteiger partial charge on any atom is 0.294 e. The Morgan fingerprint density at radius 3 is 2.57 bits per heavy atom. The van der Waals surface area contributed by atoms with Gasteiger partial charge in [-0.05, 0) is 18.1 Å². The molecule has 0 aliphatic carbocycles. The minimum absolute atomic E-state index is 0.00890. The summed E-state index contributed by atoms with van der Waals surface area (Å²) in [5, 5.41) is 31.9. The smallest absolute Gasteiger partial charge is 0.294 e. The van der Waals surface area contributed by atoms with E-state index in [4.69, 9.17) is 10.2 Å². The first-order chi connectivity index (χ1) is 9.99. The summed E-state index contributed by atoms with van der Waals surface area (Å²) in [6.07, 6.45) is 0. The number of benzene rings is 1. The quantitative estimate of drug-likeness (QED) is 0.471. The maximum atomic E-state index is 11.2. The van der Waals surface area contributed by atoms with Crippen molar-refractivity contribution in [2.45, 2.75) is 13.8 Å². The van der Waals surface area contributed by atoms with Crippen molar-refractivity contribution in [3.8, 4) is 0 Å². The number of rotatable bonds is 9. The molecule has 0 fully saturated rings. The molecule has 0 heterocycles. The summed E-state index contributed by atoms with van der Waals surface area (Å²) >= 11 is 0. The van der Waals surface area contributed by atoms with Gasteiger partial charge in [0.05, 0.1) is 18.1 Å². The summed E-state index contributed by atoms with van der Waals surface area (Å²) in [5.74, 6) is 0.378. The Labute approximate surface area is 124 Å². The van der Waals surface area contributed by atoms with E-state index in [1.54, 1.807) is 12.1 Å². The van der Waals surface area contributed by atoms with Crippen molar-refractivity contribution in [2.75, 3.05) is 43.1 Å². The third-order valence-corrected chi connectivity index (χ3v) is 2.93. The van der Waals surface area contributed by atoms with E-state index in [1.165, 1.54) is 6.07 Å². The van der Waals surface area contributed by atoms with Gasteiger partial charge in [0, 0.05) is 31.4 Å². The van der Waals surface area contributed by atoms with Gasteiger partial charge in [0.15, 0.2) is 0 Å². The maximum absolute atomic E-state index is 11.2. The highest BCUT2D eigenvalue weighted by molar-refractivity contribution is 5.68. The number of nitrogens with zero attached hydrogens (tertiary/aromatic N) is 2. The van der Waals surface area contributed by atoms with Crippen LogP contribution in [0.3, 0.4) is 0 Å². The molecule has 3 N–H and O–H groups in total. The average molecular weight is 297 g/mol. The summed E-state index contributed by atoms with van der Waals surface area (Å²) in [5.41, 5.74) is 1.05. The summed E-state index contributed by atoms with van der Waals surface area (Å²) in [6.45, 7) is 5.40. The van der Waals surface area contributed by atoms with Crippen molar-refractivity contribution in [1.82, 2.24) is 0 Å². The van der Waals surface area contributed by atoms with Gasteiger partial charge in [-0.1, -0.05) is 13.8 Å². The molecule has 7 heteroatoms. The first-order valence-electron chi connectivity index (χ1n) is 6.98. The molecule has 1 aromatic carbocycles. The van der Waals surface area contributed by atoms with E-state index in [9.17, 15) is 10.1 Å². The molecular weight excluding hydrogens is 274 g/mol. The van der Waals surface area contributed by atoms with Gasteiger partial charge in [-0.2, -0.15) is 0 Å². The summed E-state index contributed by atoms with van der Waals surface area (Å²) < 4.78 is 0. The lowest BCUT2D eigenvalue weighted by Gasteiger charge is -2.26. The fourth-order valence-electron chi connectivity index (χ4n) is 2.10. The van der Waals surface area contributed by atoms with Crippen molar-refractivity contribution >= 4 is 17.1 Å². The number of nitro benzene ring substituents is 1. The van der Waals surface area contributed by atoms with E-state index >= 15 is 0 Å². The Morgan fingerprint density at radius 2 is 2.05 bits per heavy atom. The monoisotopic (exact) mass is 297 g/mol. The fourth-order valence-corrected chi connectivity index (χ4v) is 2.10. The van der Waals surface area contributed by atoms with E-state index in [1.807, 2.05) is 4.90 Å². The number of nitro groups is 1. The Hall–Kier alpha value is -1.86. The van der Waals surface area contributed by atoms with Crippen molar-refractivity contribution in [2.24, 2.45) is 5.92 Å². The van der Waals surface area contributed by atoms with Gasteiger partial charge < -0.3 is 20.4 Å². The number of aliphatic hydroxyl groups excluding tert-OH is 2. The van der Waals surface area contributed by atoms with Crippen molar-refractivity contribution in [3.05, 3.63) is 28.3 Å². The minimum atomic E-state index is -0.449. The van der Waals surface area contributed by atoms with Gasteiger partial charge >= 0.3 is 0 Å². The van der Waals surface area contributed by atoms with Crippen LogP contribution in [-0.2, 0) is 0 Å². The highest BCUT2D eigenvalue weighted by Crippen LogP contribution is 2.30. The van der Waals surface area contributed by atoms with Crippen molar-refractivity contribution in [3.63, 3.8) is 0 Å². The summed E-state index contributed by atoms with van der Waals surface area (Å²) in [4.78, 5) is 12.7. The molecular formula is C14H23N3O4. The topological polar surface area (TPSA) is 98.9 Å². The first-order valence-corrected chi connectivity index (χ1v) is 6.98. The third kappa shape index (κ3) is 5.20. The van der Waals surface area contributed by atoms with Crippen LogP contribution in [0.1, 0.15) is 13.8 Å². The third-order valence-electron chi connectivity index (χ3n) is 2.93. The second-order valence-electron chi connectivity index (χ2n) is 5.17. The molecule has 0 spiro atoms. The van der Waals surface area contributed by atoms with Gasteiger partial charge in [-0.25, -0.2) is 0 Å². The Bertz CT molecular complexity index is 466. The standard InChI is InChI=1S/C14H23N3O4/c1-11(2)10-16(6-8-19)12-3-4-13(15-5-7-18)14(9-12)17(20)21/h3-4,9,11,15,18-19H,5-8,10H2,1-2H3. The molecule has 21 heavy (non-hydrogen) atoms. The first kappa shape index (κ1) is 17.2. The van der Waals surface area contributed by atoms with Crippen LogP contribution < -0.4 is 10.2 Å². The molecule has 1 rings (SSSR count). The molecule has 0 amide bonds. The van der Waals surface area contributed by atoms with E-state index in [0.717, 1.165) is 0 Å². The van der Waals surface area contributed by atoms with Gasteiger partial charge in [-0.15, -0.1) is 0 Å². The Morgan fingerprint density at radius 1 is 1.33 bits per heavy atom. The molecule has 0 unspecified atom stereocenters. The number of anilines is 2. The predicted molar refractivity (Wildman–Crippen MR) is 82.8 cm³/mol. The number of hydrogen-bond acceptors (Lipinski definition) is 6. The summed E-state index contributed by atoms with van der Waals surface area (Å²) in [7, 11) is 0. The second kappa shape index (κ2) is 8.43. The molecule has 0 aliphatic rings. The zero-order valence-electron chi connectivity index (χ0n) is 12.5. The van der Waals surface area contributed by atoms with Crippen LogP contribution in [0, 0.1) is 16.0 Å². The van der Waals surface area contributed by atoms with Crippen LogP contribution in [0.4, 0.5) is 17.1 Å². The molecule has 0 bridgehead atoms. The van der Waals surface area contributed by atoms with Gasteiger partial charge in [-0.3, -0.25) is 10.1 Å². The van der Waals surface area contributed by atoms with Crippen LogP contribution in [0.5, 0.6) is 0 Å². The lowest BCUT2D eigenvalue weighted by atomic mass is 10.1. The molecule has 118 valence electrons. The van der Waals surface area contributed by atoms with Gasteiger partial charge in [0.2, 0.25) is 0 Å². The highest BCUT2D eigenvalue weighted by atomic mass is 16.6. The van der Waals surface area contributed by atoms with Crippen LogP contribution in [0.2, 0.25) is 0 Å². The van der Waals surface area contributed by atoms with Gasteiger partial charge in [0.1, 0.15) is 5.69 Å². The number of hydrogen-bond donors (Lipinski definition) is 3. The molecule has 0 radical (unpaired) electrons. The SMILES string of the molecule is CC(C)CN(CCO)c1ccc(NCCO)c([N+](=O)[O-])c1. The lowest BCUT2D eigenvalue weighted by Crippen LogP contribution is -2.30. The number of aliphatic hydroxyl groups is 2. The van der Waals surface area contributed by atoms with Crippen LogP contribution in [0.15, 0.2) is 18.2 Å². The van der Waals surface area contributed by atoms with E-state index < -0.39 is 4.92 Å². The molecule has 0 atom stereocenters. The van der Waals surface area contributed by atoms with Crippen molar-refractivity contribution in [1.29, 1.82) is 0 Å². The predicted octanol–water partition coefficient (Wildman–Crippen LogP) is 1.45. The minimum Gasteiger partial charge on any atom is -0.395 e. The fraction of sp³-hybridized carbons (Fsp3) is 0.571. The molecule has 0 aromatic heterocycles. The highest BCUT2D eigenvalue weighted by Gasteiger charge is 2.17. The van der Waals surface area contributed by atoms with Gasteiger partial charge in [0.25, 0.3) is 5.69 Å². The normalized spacial score (nSPS) is 10.7. The van der Waals surface area contributed by atoms with E-state index in [2.05, 4.69) is 19.2 Å². The molecule has 1 aromatic rings. The zero-order chi connectivity index (χ0) is 15.8. The molecule has 0 saturated heterocycles. The second-order valence-corrected chi connectivity index (χ2v) is 5.17.